The van der Waals surface area contributed by atoms with E-state index in [2.05, 4.69) is 5.32 Å². The topological polar surface area (TPSA) is 58.6 Å². The molecule has 1 aromatic carbocycles. The molecule has 1 fully saturated rings. The molecule has 2 atom stereocenters. The van der Waals surface area contributed by atoms with Crippen LogP contribution in [0.4, 0.5) is 5.69 Å². The number of nitrogens with zero attached hydrogens (tertiary/aromatic N) is 1. The Morgan fingerprint density at radius 2 is 1.95 bits per heavy atom. The van der Waals surface area contributed by atoms with Gasteiger partial charge in [0.15, 0.2) is 0 Å². The largest absolute Gasteiger partial charge is 0.497 e. The zero-order chi connectivity index (χ0) is 14.7. The van der Waals surface area contributed by atoms with Crippen LogP contribution in [0.3, 0.4) is 0 Å². The summed E-state index contributed by atoms with van der Waals surface area (Å²) in [6.45, 7) is 2.13. The molecule has 0 unspecified atom stereocenters. The lowest BCUT2D eigenvalue weighted by Gasteiger charge is -2.16. The molecule has 5 heteroatoms. The number of rotatable bonds is 5. The average molecular weight is 276 g/mol. The Morgan fingerprint density at radius 1 is 1.35 bits per heavy atom. The summed E-state index contributed by atoms with van der Waals surface area (Å²) < 4.78 is 5.05. The van der Waals surface area contributed by atoms with Gasteiger partial charge in [-0.2, -0.15) is 0 Å². The summed E-state index contributed by atoms with van der Waals surface area (Å²) in [5.41, 5.74) is 0.691. The molecule has 0 aromatic heterocycles. The lowest BCUT2D eigenvalue weighted by Crippen LogP contribution is -2.36. The third-order valence-corrected chi connectivity index (χ3v) is 3.56. The number of likely N-dealkylation sites (N-methyl/N-ethyl adjacent to an activating group) is 1. The van der Waals surface area contributed by atoms with Crippen molar-refractivity contribution in [3.05, 3.63) is 24.3 Å². The van der Waals surface area contributed by atoms with Crippen LogP contribution in [-0.2, 0) is 9.59 Å². The number of anilines is 1. The number of hydrogen-bond donors (Lipinski definition) is 1. The number of hydrogen-bond acceptors (Lipinski definition) is 3. The van der Waals surface area contributed by atoms with Gasteiger partial charge in [-0.05, 0) is 36.6 Å². The molecule has 0 aliphatic heterocycles. The number of amides is 2. The van der Waals surface area contributed by atoms with Crippen LogP contribution in [0.1, 0.15) is 13.3 Å². The van der Waals surface area contributed by atoms with Crippen LogP contribution in [0.2, 0.25) is 0 Å². The highest BCUT2D eigenvalue weighted by Gasteiger charge is 2.40. The fourth-order valence-electron chi connectivity index (χ4n) is 2.12. The number of methoxy groups -OCH3 is 1. The molecule has 0 saturated heterocycles. The first-order valence-electron chi connectivity index (χ1n) is 6.70. The number of carbonyl (C=O) groups excluding carboxylic acids is 2. The van der Waals surface area contributed by atoms with E-state index < -0.39 is 0 Å². The summed E-state index contributed by atoms with van der Waals surface area (Å²) in [5.74, 6) is 1.16. The summed E-state index contributed by atoms with van der Waals surface area (Å²) in [6, 6.07) is 7.08. The van der Waals surface area contributed by atoms with E-state index >= 15 is 0 Å². The highest BCUT2D eigenvalue weighted by molar-refractivity contribution is 5.95. The second-order valence-corrected chi connectivity index (χ2v) is 5.29. The fourth-order valence-corrected chi connectivity index (χ4v) is 2.12. The molecule has 108 valence electrons. The maximum atomic E-state index is 11.9. The van der Waals surface area contributed by atoms with Crippen molar-refractivity contribution in [2.24, 2.45) is 11.8 Å². The third-order valence-electron chi connectivity index (χ3n) is 3.56. The molecule has 1 aliphatic carbocycles. The first kappa shape index (κ1) is 14.4. The Kier molecular flexibility index (Phi) is 4.27. The van der Waals surface area contributed by atoms with E-state index in [1.165, 1.54) is 4.90 Å². The van der Waals surface area contributed by atoms with Crippen molar-refractivity contribution in [2.75, 3.05) is 26.0 Å². The van der Waals surface area contributed by atoms with Crippen molar-refractivity contribution < 1.29 is 14.3 Å². The molecular formula is C15H20N2O3. The number of benzene rings is 1. The SMILES string of the molecule is COc1ccc(NC(=O)CN(C)C(=O)[C@@H]2C[C@@H]2C)cc1. The first-order valence-corrected chi connectivity index (χ1v) is 6.70. The van der Waals surface area contributed by atoms with Crippen LogP contribution in [0, 0.1) is 11.8 Å². The smallest absolute Gasteiger partial charge is 0.243 e. The molecule has 0 radical (unpaired) electrons. The Balaban J connectivity index is 1.83. The Bertz CT molecular complexity index is 498. The second kappa shape index (κ2) is 5.94. The highest BCUT2D eigenvalue weighted by atomic mass is 16.5. The molecule has 2 amide bonds. The van der Waals surface area contributed by atoms with Crippen molar-refractivity contribution in [1.29, 1.82) is 0 Å². The molecule has 0 bridgehead atoms. The molecule has 2 rings (SSSR count). The van der Waals surface area contributed by atoms with E-state index in [1.54, 1.807) is 38.4 Å². The number of carbonyl (C=O) groups is 2. The third kappa shape index (κ3) is 3.50. The molecule has 1 saturated carbocycles. The van der Waals surface area contributed by atoms with Crippen LogP contribution in [0.25, 0.3) is 0 Å². The van der Waals surface area contributed by atoms with Gasteiger partial charge in [-0.25, -0.2) is 0 Å². The summed E-state index contributed by atoms with van der Waals surface area (Å²) >= 11 is 0. The Morgan fingerprint density at radius 3 is 2.45 bits per heavy atom. The molecule has 1 aromatic rings. The standard InChI is InChI=1S/C15H20N2O3/c1-10-8-13(10)15(19)17(2)9-14(18)16-11-4-6-12(20-3)7-5-11/h4-7,10,13H,8-9H2,1-3H3,(H,16,18)/t10-,13+/m0/s1. The molecular weight excluding hydrogens is 256 g/mol. The molecule has 1 aliphatic rings. The summed E-state index contributed by atoms with van der Waals surface area (Å²) in [4.78, 5) is 25.3. The van der Waals surface area contributed by atoms with Crippen molar-refractivity contribution in [3.63, 3.8) is 0 Å². The molecule has 0 spiro atoms. The van der Waals surface area contributed by atoms with E-state index in [-0.39, 0.29) is 24.3 Å². The minimum atomic E-state index is -0.195. The first-order chi connectivity index (χ1) is 9.51. The van der Waals surface area contributed by atoms with Gasteiger partial charge < -0.3 is 15.0 Å². The van der Waals surface area contributed by atoms with Crippen molar-refractivity contribution in [2.45, 2.75) is 13.3 Å². The second-order valence-electron chi connectivity index (χ2n) is 5.29. The zero-order valence-electron chi connectivity index (χ0n) is 12.1. The van der Waals surface area contributed by atoms with Gasteiger partial charge in [0.05, 0.1) is 13.7 Å². The zero-order valence-corrected chi connectivity index (χ0v) is 12.1. The number of nitrogens with one attached hydrogen (secondary N) is 1. The lowest BCUT2D eigenvalue weighted by atomic mass is 10.3. The molecule has 1 N–H and O–H groups in total. The van der Waals surface area contributed by atoms with Gasteiger partial charge >= 0.3 is 0 Å². The fraction of sp³-hybridized carbons (Fsp3) is 0.467. The predicted octanol–water partition coefficient (Wildman–Crippen LogP) is 1.75. The quantitative estimate of drug-likeness (QED) is 0.891. The predicted molar refractivity (Wildman–Crippen MR) is 76.5 cm³/mol. The van der Waals surface area contributed by atoms with Gasteiger partial charge in [0.2, 0.25) is 11.8 Å². The summed E-state index contributed by atoms with van der Waals surface area (Å²) in [6.07, 6.45) is 0.934. The minimum Gasteiger partial charge on any atom is -0.497 e. The van der Waals surface area contributed by atoms with Gasteiger partial charge in [-0.1, -0.05) is 6.92 Å². The van der Waals surface area contributed by atoms with Gasteiger partial charge in [0.1, 0.15) is 5.75 Å². The van der Waals surface area contributed by atoms with Gasteiger partial charge in [0, 0.05) is 18.7 Å². The van der Waals surface area contributed by atoms with Crippen molar-refractivity contribution in [3.8, 4) is 5.75 Å². The number of ether oxygens (including phenoxy) is 1. The van der Waals surface area contributed by atoms with E-state index in [0.29, 0.717) is 11.6 Å². The summed E-state index contributed by atoms with van der Waals surface area (Å²) in [5, 5.41) is 2.76. The highest BCUT2D eigenvalue weighted by Crippen LogP contribution is 2.38. The maximum Gasteiger partial charge on any atom is 0.243 e. The lowest BCUT2D eigenvalue weighted by molar-refractivity contribution is -0.134. The van der Waals surface area contributed by atoms with E-state index in [0.717, 1.165) is 12.2 Å². The minimum absolute atomic E-state index is 0.0578. The average Bonchev–Trinajstić information content (AvgIpc) is 3.15. The van der Waals surface area contributed by atoms with Crippen LogP contribution in [0.15, 0.2) is 24.3 Å². The monoisotopic (exact) mass is 276 g/mol. The van der Waals surface area contributed by atoms with E-state index in [4.69, 9.17) is 4.74 Å². The van der Waals surface area contributed by atoms with Gasteiger partial charge in [-0.15, -0.1) is 0 Å². The van der Waals surface area contributed by atoms with Gasteiger partial charge in [0.25, 0.3) is 0 Å². The molecule has 0 heterocycles. The van der Waals surface area contributed by atoms with Crippen LogP contribution in [0.5, 0.6) is 5.75 Å². The van der Waals surface area contributed by atoms with Crippen LogP contribution < -0.4 is 10.1 Å². The van der Waals surface area contributed by atoms with Crippen molar-refractivity contribution >= 4 is 17.5 Å². The Labute approximate surface area is 118 Å². The van der Waals surface area contributed by atoms with Crippen LogP contribution in [-0.4, -0.2) is 37.4 Å². The van der Waals surface area contributed by atoms with Crippen LogP contribution >= 0.6 is 0 Å². The van der Waals surface area contributed by atoms with Crippen molar-refractivity contribution in [1.82, 2.24) is 4.90 Å². The normalized spacial score (nSPS) is 20.1. The Hall–Kier alpha value is -2.04. The summed E-state index contributed by atoms with van der Waals surface area (Å²) in [7, 11) is 3.26. The molecule has 20 heavy (non-hydrogen) atoms. The van der Waals surface area contributed by atoms with E-state index in [1.807, 2.05) is 6.92 Å². The molecule has 5 nitrogen and oxygen atoms in total. The van der Waals surface area contributed by atoms with Gasteiger partial charge in [-0.3, -0.25) is 9.59 Å². The maximum absolute atomic E-state index is 11.9. The van der Waals surface area contributed by atoms with E-state index in [9.17, 15) is 9.59 Å².